The molecular weight excluding hydrogens is 406 g/mol. The molecule has 0 N–H and O–H groups in total. The lowest BCUT2D eigenvalue weighted by molar-refractivity contribution is 0.229. The number of halogens is 1. The molecule has 5 nitrogen and oxygen atoms in total. The molecule has 0 atom stereocenters. The average Bonchev–Trinajstić information content (AvgIpc) is 3.27. The van der Waals surface area contributed by atoms with Crippen LogP contribution >= 0.6 is 15.9 Å². The van der Waals surface area contributed by atoms with Crippen LogP contribution in [0.15, 0.2) is 79.3 Å². The minimum Gasteiger partial charge on any atom is -0.468 e. The topological polar surface area (TPSA) is 63.7 Å². The molecule has 0 saturated heterocycles. The second kappa shape index (κ2) is 8.03. The molecule has 0 spiro atoms. The third-order valence-corrected chi connectivity index (χ3v) is 6.01. The van der Waals surface area contributed by atoms with E-state index in [1.54, 1.807) is 36.8 Å². The Hall–Kier alpha value is -1.83. The molecule has 25 heavy (non-hydrogen) atoms. The van der Waals surface area contributed by atoms with Gasteiger partial charge >= 0.3 is 0 Å². The van der Waals surface area contributed by atoms with Crippen molar-refractivity contribution in [2.24, 2.45) is 0 Å². The van der Waals surface area contributed by atoms with Gasteiger partial charge in [0, 0.05) is 11.0 Å². The van der Waals surface area contributed by atoms with Crippen LogP contribution in [0.2, 0.25) is 0 Å². The van der Waals surface area contributed by atoms with Crippen molar-refractivity contribution in [2.45, 2.75) is 18.0 Å². The molecule has 0 unspecified atom stereocenters. The van der Waals surface area contributed by atoms with Crippen LogP contribution in [0.5, 0.6) is 0 Å². The van der Waals surface area contributed by atoms with Crippen LogP contribution in [0.25, 0.3) is 0 Å². The highest BCUT2D eigenvalue weighted by Crippen LogP contribution is 2.17. The summed E-state index contributed by atoms with van der Waals surface area (Å²) in [6.07, 6.45) is 3.22. The largest absolute Gasteiger partial charge is 0.468 e. The van der Waals surface area contributed by atoms with Crippen LogP contribution in [0.3, 0.4) is 0 Å². The van der Waals surface area contributed by atoms with Crippen molar-refractivity contribution in [3.8, 4) is 0 Å². The quantitative estimate of drug-likeness (QED) is 0.545. The number of hydrogen-bond donors (Lipinski definition) is 0. The zero-order valence-electron chi connectivity index (χ0n) is 13.5. The summed E-state index contributed by atoms with van der Waals surface area (Å²) < 4.78 is 36.8. The van der Waals surface area contributed by atoms with Gasteiger partial charge < -0.3 is 8.83 Å². The summed E-state index contributed by atoms with van der Waals surface area (Å²) >= 11 is 3.32. The molecule has 3 aromatic rings. The number of benzene rings is 1. The monoisotopic (exact) mass is 423 g/mol. The predicted octanol–water partition coefficient (Wildman–Crippen LogP) is 4.11. The van der Waals surface area contributed by atoms with Crippen molar-refractivity contribution < 1.29 is 17.3 Å². The van der Waals surface area contributed by atoms with Crippen molar-refractivity contribution in [3.05, 3.63) is 77.1 Å². The van der Waals surface area contributed by atoms with E-state index in [0.29, 0.717) is 24.5 Å². The van der Waals surface area contributed by atoms with E-state index in [-0.39, 0.29) is 5.75 Å². The van der Waals surface area contributed by atoms with E-state index >= 15 is 0 Å². The highest BCUT2D eigenvalue weighted by Gasteiger charge is 2.18. The van der Waals surface area contributed by atoms with E-state index in [9.17, 15) is 8.42 Å². The average molecular weight is 424 g/mol. The van der Waals surface area contributed by atoms with Crippen LogP contribution in [0.4, 0.5) is 0 Å². The lowest BCUT2D eigenvalue weighted by atomic mass is 10.3. The molecule has 2 aromatic heterocycles. The lowest BCUT2D eigenvalue weighted by Crippen LogP contribution is -2.28. The smallest absolute Gasteiger partial charge is 0.179 e. The number of sulfone groups is 1. The fraction of sp³-hybridized carbons (Fsp3) is 0.222. The SMILES string of the molecule is O=S(=O)(CCN(Cc1ccco1)Cc1ccco1)c1ccc(Br)cc1. The maximum Gasteiger partial charge on any atom is 0.179 e. The number of furan rings is 2. The van der Waals surface area contributed by atoms with Gasteiger partial charge in [-0.3, -0.25) is 4.90 Å². The number of hydrogen-bond acceptors (Lipinski definition) is 5. The van der Waals surface area contributed by atoms with Gasteiger partial charge in [0.05, 0.1) is 36.3 Å². The first kappa shape index (κ1) is 18.0. The molecular formula is C18H18BrNO4S. The van der Waals surface area contributed by atoms with Gasteiger partial charge in [0.2, 0.25) is 0 Å². The molecule has 0 aliphatic carbocycles. The molecule has 132 valence electrons. The highest BCUT2D eigenvalue weighted by atomic mass is 79.9. The Morgan fingerprint density at radius 2 is 1.44 bits per heavy atom. The van der Waals surface area contributed by atoms with E-state index in [2.05, 4.69) is 15.9 Å². The van der Waals surface area contributed by atoms with Gasteiger partial charge in [-0.1, -0.05) is 15.9 Å². The van der Waals surface area contributed by atoms with Crippen molar-refractivity contribution in [1.29, 1.82) is 0 Å². The Kier molecular flexibility index (Phi) is 5.78. The van der Waals surface area contributed by atoms with Crippen LogP contribution in [-0.4, -0.2) is 25.6 Å². The molecule has 0 radical (unpaired) electrons. The van der Waals surface area contributed by atoms with E-state index in [0.717, 1.165) is 16.0 Å². The lowest BCUT2D eigenvalue weighted by Gasteiger charge is -2.20. The fourth-order valence-electron chi connectivity index (χ4n) is 2.47. The van der Waals surface area contributed by atoms with Gasteiger partial charge in [-0.15, -0.1) is 0 Å². The van der Waals surface area contributed by atoms with E-state index in [1.165, 1.54) is 0 Å². The summed E-state index contributed by atoms with van der Waals surface area (Å²) in [5.41, 5.74) is 0. The maximum absolute atomic E-state index is 12.6. The highest BCUT2D eigenvalue weighted by molar-refractivity contribution is 9.10. The third-order valence-electron chi connectivity index (χ3n) is 3.77. The summed E-state index contributed by atoms with van der Waals surface area (Å²) in [5.74, 6) is 1.59. The minimum atomic E-state index is -3.35. The van der Waals surface area contributed by atoms with Crippen LogP contribution < -0.4 is 0 Å². The molecule has 1 aromatic carbocycles. The number of rotatable bonds is 8. The van der Waals surface area contributed by atoms with Gasteiger partial charge in [0.25, 0.3) is 0 Å². The fourth-order valence-corrected chi connectivity index (χ4v) is 4.02. The summed E-state index contributed by atoms with van der Waals surface area (Å²) in [4.78, 5) is 2.32. The van der Waals surface area contributed by atoms with Crippen molar-refractivity contribution in [2.75, 3.05) is 12.3 Å². The molecule has 0 aliphatic rings. The molecule has 3 rings (SSSR count). The minimum absolute atomic E-state index is 0.0239. The first-order valence-corrected chi connectivity index (χ1v) is 10.2. The standard InChI is InChI=1S/C18H18BrNO4S/c19-15-5-7-18(8-6-15)25(21,22)12-9-20(13-16-3-1-10-23-16)14-17-4-2-11-24-17/h1-8,10-11H,9,12-14H2. The summed E-state index contributed by atoms with van der Waals surface area (Å²) in [5, 5.41) is 0. The molecule has 2 heterocycles. The Labute approximate surface area is 155 Å². The summed E-state index contributed by atoms with van der Waals surface area (Å²) in [6, 6.07) is 14.1. The molecule has 0 aliphatic heterocycles. The molecule has 0 fully saturated rings. The Morgan fingerprint density at radius 1 is 0.880 bits per heavy atom. The van der Waals surface area contributed by atoms with E-state index in [4.69, 9.17) is 8.83 Å². The molecule has 0 bridgehead atoms. The Morgan fingerprint density at radius 3 is 1.92 bits per heavy atom. The van der Waals surface area contributed by atoms with E-state index < -0.39 is 9.84 Å². The molecule has 7 heteroatoms. The van der Waals surface area contributed by atoms with Crippen LogP contribution in [0, 0.1) is 0 Å². The van der Waals surface area contributed by atoms with E-state index in [1.807, 2.05) is 29.2 Å². The molecule has 0 saturated carbocycles. The second-order valence-electron chi connectivity index (χ2n) is 5.64. The van der Waals surface area contributed by atoms with Gasteiger partial charge in [-0.05, 0) is 48.5 Å². The van der Waals surface area contributed by atoms with Gasteiger partial charge in [-0.2, -0.15) is 0 Å². The third kappa shape index (κ3) is 5.07. The van der Waals surface area contributed by atoms with Gasteiger partial charge in [-0.25, -0.2) is 8.42 Å². The first-order valence-electron chi connectivity index (χ1n) is 7.78. The van der Waals surface area contributed by atoms with Crippen molar-refractivity contribution in [1.82, 2.24) is 4.90 Å². The Balaban J connectivity index is 1.69. The van der Waals surface area contributed by atoms with Gasteiger partial charge in [0.15, 0.2) is 9.84 Å². The second-order valence-corrected chi connectivity index (χ2v) is 8.67. The predicted molar refractivity (Wildman–Crippen MR) is 97.7 cm³/mol. The van der Waals surface area contributed by atoms with Crippen molar-refractivity contribution >= 4 is 25.8 Å². The van der Waals surface area contributed by atoms with Crippen molar-refractivity contribution in [3.63, 3.8) is 0 Å². The summed E-state index contributed by atoms with van der Waals surface area (Å²) in [6.45, 7) is 1.41. The first-order chi connectivity index (χ1) is 12.0. The number of nitrogens with zero attached hydrogens (tertiary/aromatic N) is 1. The normalized spacial score (nSPS) is 11.9. The maximum atomic E-state index is 12.6. The summed E-state index contributed by atoms with van der Waals surface area (Å²) in [7, 11) is -3.35. The van der Waals surface area contributed by atoms with Crippen LogP contribution in [0.1, 0.15) is 11.5 Å². The molecule has 0 amide bonds. The Bertz CT molecular complexity index is 836. The zero-order valence-corrected chi connectivity index (χ0v) is 15.9. The van der Waals surface area contributed by atoms with Gasteiger partial charge in [0.1, 0.15) is 11.5 Å². The zero-order chi connectivity index (χ0) is 17.7. The van der Waals surface area contributed by atoms with Crippen LogP contribution in [-0.2, 0) is 22.9 Å².